The Morgan fingerprint density at radius 2 is 1.80 bits per heavy atom. The van der Waals surface area contributed by atoms with Crippen LogP contribution < -0.4 is 19.9 Å². The van der Waals surface area contributed by atoms with E-state index in [2.05, 4.69) is 9.82 Å². The van der Waals surface area contributed by atoms with E-state index in [4.69, 9.17) is 9.47 Å². The van der Waals surface area contributed by atoms with Crippen molar-refractivity contribution in [3.63, 3.8) is 0 Å². The topological polar surface area (TPSA) is 104 Å². The highest BCUT2D eigenvalue weighted by molar-refractivity contribution is 7.89. The van der Waals surface area contributed by atoms with Gasteiger partial charge < -0.3 is 9.47 Å². The summed E-state index contributed by atoms with van der Waals surface area (Å²) in [6.45, 7) is -0.0815. The lowest BCUT2D eigenvalue weighted by molar-refractivity contribution is 0.392. The van der Waals surface area contributed by atoms with Gasteiger partial charge in [-0.05, 0) is 36.4 Å². The highest BCUT2D eigenvalue weighted by atomic mass is 32.2. The fourth-order valence-electron chi connectivity index (χ4n) is 2.84. The third-order valence-electron chi connectivity index (χ3n) is 4.42. The van der Waals surface area contributed by atoms with Crippen LogP contribution in [0.15, 0.2) is 52.2 Å². The molecule has 160 valence electrons. The molecule has 2 aromatic carbocycles. The maximum Gasteiger partial charge on any atom is 0.345 e. The van der Waals surface area contributed by atoms with Gasteiger partial charge in [0.2, 0.25) is 10.0 Å². The molecule has 0 saturated carbocycles. The SMILES string of the molecule is COc1ccc(OC)c(S(=O)(=O)NCCn2nc(-c3ccc(F)cc3)n(C)c2=O)c1. The number of rotatable bonds is 8. The number of benzene rings is 2. The highest BCUT2D eigenvalue weighted by Gasteiger charge is 2.21. The molecule has 0 aliphatic heterocycles. The molecular formula is C19H21FN4O5S. The van der Waals surface area contributed by atoms with Crippen molar-refractivity contribution in [2.45, 2.75) is 11.4 Å². The van der Waals surface area contributed by atoms with Crippen LogP contribution in [0, 0.1) is 5.82 Å². The molecule has 0 spiro atoms. The lowest BCUT2D eigenvalue weighted by Crippen LogP contribution is -2.32. The Hall–Kier alpha value is -3.18. The van der Waals surface area contributed by atoms with Crippen LogP contribution in [-0.2, 0) is 23.6 Å². The number of hydrogen-bond donors (Lipinski definition) is 1. The molecule has 0 amide bonds. The molecule has 1 aromatic heterocycles. The molecule has 0 aliphatic carbocycles. The van der Waals surface area contributed by atoms with E-state index in [9.17, 15) is 17.6 Å². The Balaban J connectivity index is 1.78. The van der Waals surface area contributed by atoms with E-state index < -0.39 is 21.5 Å². The van der Waals surface area contributed by atoms with Crippen LogP contribution in [0.4, 0.5) is 4.39 Å². The zero-order valence-electron chi connectivity index (χ0n) is 16.6. The Kier molecular flexibility index (Phi) is 6.22. The summed E-state index contributed by atoms with van der Waals surface area (Å²) in [5.41, 5.74) is 0.143. The van der Waals surface area contributed by atoms with Gasteiger partial charge in [0.05, 0.1) is 20.8 Å². The monoisotopic (exact) mass is 436 g/mol. The first kappa shape index (κ1) is 21.5. The number of sulfonamides is 1. The van der Waals surface area contributed by atoms with Crippen LogP contribution in [0.25, 0.3) is 11.4 Å². The van der Waals surface area contributed by atoms with Crippen LogP contribution in [0.2, 0.25) is 0 Å². The molecule has 11 heteroatoms. The summed E-state index contributed by atoms with van der Waals surface area (Å²) < 4.78 is 53.6. The van der Waals surface area contributed by atoms with Gasteiger partial charge in [-0.3, -0.25) is 4.57 Å². The highest BCUT2D eigenvalue weighted by Crippen LogP contribution is 2.27. The first-order chi connectivity index (χ1) is 14.3. The Morgan fingerprint density at radius 1 is 1.10 bits per heavy atom. The fraction of sp³-hybridized carbons (Fsp3) is 0.263. The van der Waals surface area contributed by atoms with Gasteiger partial charge >= 0.3 is 5.69 Å². The number of methoxy groups -OCH3 is 2. The van der Waals surface area contributed by atoms with Gasteiger partial charge in [0.25, 0.3) is 0 Å². The standard InChI is InChI=1S/C19H21FN4O5S/c1-23-18(13-4-6-14(20)7-5-13)22-24(19(23)25)11-10-21-30(26,27)17-12-15(28-2)8-9-16(17)29-3/h4-9,12,21H,10-11H2,1-3H3. The predicted molar refractivity (Wildman–Crippen MR) is 108 cm³/mol. The lowest BCUT2D eigenvalue weighted by Gasteiger charge is -2.12. The summed E-state index contributed by atoms with van der Waals surface area (Å²) in [6.07, 6.45) is 0. The maximum absolute atomic E-state index is 13.1. The van der Waals surface area contributed by atoms with Gasteiger partial charge in [0.1, 0.15) is 22.2 Å². The molecule has 0 bridgehead atoms. The summed E-state index contributed by atoms with van der Waals surface area (Å²) in [7, 11) is 0.407. The van der Waals surface area contributed by atoms with Crippen molar-refractivity contribution >= 4 is 10.0 Å². The van der Waals surface area contributed by atoms with Gasteiger partial charge in [-0.2, -0.15) is 0 Å². The van der Waals surface area contributed by atoms with Crippen molar-refractivity contribution in [2.24, 2.45) is 7.05 Å². The summed E-state index contributed by atoms with van der Waals surface area (Å²) in [6, 6.07) is 10.00. The minimum Gasteiger partial charge on any atom is -0.497 e. The zero-order valence-corrected chi connectivity index (χ0v) is 17.4. The molecule has 9 nitrogen and oxygen atoms in total. The lowest BCUT2D eigenvalue weighted by atomic mass is 10.2. The first-order valence-corrected chi connectivity index (χ1v) is 10.4. The van der Waals surface area contributed by atoms with E-state index in [1.165, 1.54) is 62.2 Å². The van der Waals surface area contributed by atoms with Crippen molar-refractivity contribution in [1.82, 2.24) is 19.1 Å². The first-order valence-electron chi connectivity index (χ1n) is 8.88. The Morgan fingerprint density at radius 3 is 2.43 bits per heavy atom. The normalized spacial score (nSPS) is 11.5. The third kappa shape index (κ3) is 4.36. The van der Waals surface area contributed by atoms with Crippen LogP contribution in [-0.4, -0.2) is 43.5 Å². The molecule has 3 aromatic rings. The van der Waals surface area contributed by atoms with Gasteiger partial charge in [-0.25, -0.2) is 27.0 Å². The molecule has 1 N–H and O–H groups in total. The van der Waals surface area contributed by atoms with E-state index in [1.807, 2.05) is 0 Å². The van der Waals surface area contributed by atoms with Crippen LogP contribution in [0.5, 0.6) is 11.5 Å². The van der Waals surface area contributed by atoms with Crippen LogP contribution in [0.3, 0.4) is 0 Å². The number of nitrogens with one attached hydrogen (secondary N) is 1. The fourth-order valence-corrected chi connectivity index (χ4v) is 4.04. The molecule has 0 fully saturated rings. The molecule has 0 saturated heterocycles. The minimum absolute atomic E-state index is 0.000613. The third-order valence-corrected chi connectivity index (χ3v) is 5.90. The molecule has 0 unspecified atom stereocenters. The summed E-state index contributed by atoms with van der Waals surface area (Å²) in [5.74, 6) is 0.473. The molecule has 0 radical (unpaired) electrons. The maximum atomic E-state index is 13.1. The molecule has 30 heavy (non-hydrogen) atoms. The molecule has 0 atom stereocenters. The van der Waals surface area contributed by atoms with Gasteiger partial charge in [0.15, 0.2) is 5.82 Å². The van der Waals surface area contributed by atoms with E-state index in [0.29, 0.717) is 17.1 Å². The smallest absolute Gasteiger partial charge is 0.345 e. The second-order valence-electron chi connectivity index (χ2n) is 6.31. The zero-order chi connectivity index (χ0) is 21.9. The number of nitrogens with zero attached hydrogens (tertiary/aromatic N) is 3. The van der Waals surface area contributed by atoms with E-state index in [-0.39, 0.29) is 23.7 Å². The summed E-state index contributed by atoms with van der Waals surface area (Å²) >= 11 is 0. The average Bonchev–Trinajstić information content (AvgIpc) is 3.02. The van der Waals surface area contributed by atoms with Crippen LogP contribution >= 0.6 is 0 Å². The molecular weight excluding hydrogens is 415 g/mol. The van der Waals surface area contributed by atoms with Gasteiger partial charge in [-0.1, -0.05) is 0 Å². The largest absolute Gasteiger partial charge is 0.497 e. The number of hydrogen-bond acceptors (Lipinski definition) is 6. The van der Waals surface area contributed by atoms with Gasteiger partial charge in [0, 0.05) is 25.2 Å². The van der Waals surface area contributed by atoms with Crippen molar-refractivity contribution in [2.75, 3.05) is 20.8 Å². The molecule has 1 heterocycles. The van der Waals surface area contributed by atoms with Crippen molar-refractivity contribution in [1.29, 1.82) is 0 Å². The van der Waals surface area contributed by atoms with Crippen molar-refractivity contribution in [3.8, 4) is 22.9 Å². The number of aromatic nitrogens is 3. The summed E-state index contributed by atoms with van der Waals surface area (Å²) in [5, 5.41) is 4.23. The van der Waals surface area contributed by atoms with E-state index in [0.717, 1.165) is 4.68 Å². The minimum atomic E-state index is -3.93. The second kappa shape index (κ2) is 8.67. The van der Waals surface area contributed by atoms with Gasteiger partial charge in [-0.15, -0.1) is 5.10 Å². The second-order valence-corrected chi connectivity index (χ2v) is 8.05. The predicted octanol–water partition coefficient (Wildman–Crippen LogP) is 1.38. The van der Waals surface area contributed by atoms with Crippen molar-refractivity contribution in [3.05, 3.63) is 58.8 Å². The molecule has 0 aliphatic rings. The van der Waals surface area contributed by atoms with E-state index >= 15 is 0 Å². The quantitative estimate of drug-likeness (QED) is 0.572. The molecule has 3 rings (SSSR count). The van der Waals surface area contributed by atoms with Crippen LogP contribution in [0.1, 0.15) is 0 Å². The Bertz CT molecular complexity index is 1200. The number of ether oxygens (including phenoxy) is 2. The average molecular weight is 436 g/mol. The number of halogens is 1. The summed E-state index contributed by atoms with van der Waals surface area (Å²) in [4.78, 5) is 12.3. The van der Waals surface area contributed by atoms with Crippen molar-refractivity contribution < 1.29 is 22.3 Å². The Labute approximate surface area is 172 Å². The van der Waals surface area contributed by atoms with E-state index in [1.54, 1.807) is 6.07 Å².